The predicted octanol–water partition coefficient (Wildman–Crippen LogP) is 2.96. The quantitative estimate of drug-likeness (QED) is 0.735. The van der Waals surface area contributed by atoms with Gasteiger partial charge in [0.05, 0.1) is 18.2 Å². The largest absolute Gasteiger partial charge is 0.493 e. The number of nitrogens with one attached hydrogen (secondary N) is 1. The molecule has 7 heteroatoms. The van der Waals surface area contributed by atoms with Crippen LogP contribution in [-0.4, -0.2) is 51.7 Å². The lowest BCUT2D eigenvalue weighted by molar-refractivity contribution is 0.0796. The van der Waals surface area contributed by atoms with Gasteiger partial charge in [0.15, 0.2) is 11.5 Å². The van der Waals surface area contributed by atoms with Gasteiger partial charge in [-0.1, -0.05) is 6.92 Å². The molecule has 126 valence electrons. The second kappa shape index (κ2) is 10.7. The molecule has 0 radical (unpaired) electrons. The molecule has 0 heterocycles. The Hall–Kier alpha value is -0.980. The molecule has 1 aromatic rings. The van der Waals surface area contributed by atoms with Crippen LogP contribution in [0.1, 0.15) is 23.7 Å². The highest BCUT2D eigenvalue weighted by Gasteiger charge is 2.17. The molecule has 0 spiro atoms. The van der Waals surface area contributed by atoms with Crippen LogP contribution >= 0.6 is 28.3 Å². The molecule has 0 aliphatic carbocycles. The number of likely N-dealkylation sites (N-methyl/N-ethyl adjacent to an activating group) is 2. The van der Waals surface area contributed by atoms with Gasteiger partial charge in [0, 0.05) is 25.7 Å². The highest BCUT2D eigenvalue weighted by molar-refractivity contribution is 9.10. The molecule has 22 heavy (non-hydrogen) atoms. The molecule has 0 saturated carbocycles. The number of amides is 1. The first-order valence-electron chi connectivity index (χ1n) is 6.95. The van der Waals surface area contributed by atoms with Crippen LogP contribution in [0.4, 0.5) is 0 Å². The molecule has 1 rings (SSSR count). The minimum absolute atomic E-state index is 0. The van der Waals surface area contributed by atoms with E-state index in [0.717, 1.165) is 17.4 Å². The van der Waals surface area contributed by atoms with Crippen LogP contribution in [0.5, 0.6) is 11.5 Å². The summed E-state index contributed by atoms with van der Waals surface area (Å²) in [5.74, 6) is 1.14. The molecule has 1 amide bonds. The summed E-state index contributed by atoms with van der Waals surface area (Å²) >= 11 is 3.45. The fourth-order valence-corrected chi connectivity index (χ4v) is 2.35. The van der Waals surface area contributed by atoms with Crippen molar-refractivity contribution in [3.05, 3.63) is 22.2 Å². The van der Waals surface area contributed by atoms with Crippen LogP contribution in [0.25, 0.3) is 0 Å². The molecule has 0 aliphatic heterocycles. The Balaban J connectivity index is 0.00000441. The third-order valence-corrected chi connectivity index (χ3v) is 3.56. The number of halogens is 2. The molecule has 5 nitrogen and oxygen atoms in total. The lowest BCUT2D eigenvalue weighted by atomic mass is 10.1. The zero-order chi connectivity index (χ0) is 15.8. The first-order chi connectivity index (χ1) is 10.0. The normalized spacial score (nSPS) is 9.86. The second-order valence-electron chi connectivity index (χ2n) is 4.67. The third kappa shape index (κ3) is 5.66. The highest BCUT2D eigenvalue weighted by atomic mass is 79.9. The summed E-state index contributed by atoms with van der Waals surface area (Å²) in [7, 11) is 5.21. The van der Waals surface area contributed by atoms with Crippen LogP contribution in [0, 0.1) is 0 Å². The fraction of sp³-hybridized carbons (Fsp3) is 0.533. The van der Waals surface area contributed by atoms with Gasteiger partial charge < -0.3 is 19.7 Å². The van der Waals surface area contributed by atoms with Gasteiger partial charge in [-0.2, -0.15) is 0 Å². The molecule has 0 unspecified atom stereocenters. The molecule has 0 fully saturated rings. The van der Waals surface area contributed by atoms with Crippen molar-refractivity contribution in [2.75, 3.05) is 40.9 Å². The molecular formula is C15H24BrClN2O3. The predicted molar refractivity (Wildman–Crippen MR) is 94.6 cm³/mol. The van der Waals surface area contributed by atoms with Crippen molar-refractivity contribution < 1.29 is 14.3 Å². The molecule has 1 N–H and O–H groups in total. The molecule has 1 aromatic carbocycles. The van der Waals surface area contributed by atoms with E-state index in [-0.39, 0.29) is 18.3 Å². The summed E-state index contributed by atoms with van der Waals surface area (Å²) in [5, 5.41) is 3.02. The lowest BCUT2D eigenvalue weighted by Crippen LogP contribution is -2.32. The Kier molecular flexibility index (Phi) is 10.2. The standard InChI is InChI=1S/C15H23BrN2O3.ClH/c1-5-8-21-14-12(16)9-11(10-13(14)20-4)15(19)18(3)7-6-17-2;/h9-10,17H,5-8H2,1-4H3;1H. The van der Waals surface area contributed by atoms with Crippen molar-refractivity contribution >= 4 is 34.2 Å². The Labute approximate surface area is 146 Å². The van der Waals surface area contributed by atoms with E-state index in [2.05, 4.69) is 21.2 Å². The van der Waals surface area contributed by atoms with Crippen molar-refractivity contribution in [3.63, 3.8) is 0 Å². The summed E-state index contributed by atoms with van der Waals surface area (Å²) in [6.45, 7) is 4.03. The van der Waals surface area contributed by atoms with Crippen molar-refractivity contribution in [1.82, 2.24) is 10.2 Å². The summed E-state index contributed by atoms with van der Waals surface area (Å²) in [5.41, 5.74) is 0.571. The van der Waals surface area contributed by atoms with Gasteiger partial charge >= 0.3 is 0 Å². The van der Waals surface area contributed by atoms with Gasteiger partial charge in [-0.25, -0.2) is 0 Å². The van der Waals surface area contributed by atoms with Crippen molar-refractivity contribution in [2.45, 2.75) is 13.3 Å². The number of carbonyl (C=O) groups is 1. The number of ether oxygens (including phenoxy) is 2. The molecule has 0 aromatic heterocycles. The number of methoxy groups -OCH3 is 1. The number of nitrogens with zero attached hydrogens (tertiary/aromatic N) is 1. The van der Waals surface area contributed by atoms with Crippen LogP contribution in [-0.2, 0) is 0 Å². The Morgan fingerprint density at radius 3 is 2.64 bits per heavy atom. The monoisotopic (exact) mass is 394 g/mol. The lowest BCUT2D eigenvalue weighted by Gasteiger charge is -2.19. The Bertz CT molecular complexity index is 486. The van der Waals surface area contributed by atoms with Gasteiger partial charge in [-0.05, 0) is 41.5 Å². The number of benzene rings is 1. The zero-order valence-corrected chi connectivity index (χ0v) is 15.8. The fourth-order valence-electron chi connectivity index (χ4n) is 1.79. The zero-order valence-electron chi connectivity index (χ0n) is 13.4. The SMILES string of the molecule is CCCOc1c(Br)cc(C(=O)N(C)CCNC)cc1OC.Cl. The van der Waals surface area contributed by atoms with Gasteiger partial charge in [0.25, 0.3) is 5.91 Å². The third-order valence-electron chi connectivity index (χ3n) is 2.97. The molecule has 0 aliphatic rings. The topological polar surface area (TPSA) is 50.8 Å². The van der Waals surface area contributed by atoms with E-state index in [1.807, 2.05) is 14.0 Å². The van der Waals surface area contributed by atoms with Crippen LogP contribution < -0.4 is 14.8 Å². The Morgan fingerprint density at radius 2 is 2.09 bits per heavy atom. The summed E-state index contributed by atoms with van der Waals surface area (Å²) in [6, 6.07) is 3.49. The first-order valence-corrected chi connectivity index (χ1v) is 7.74. The number of hydrogen-bond acceptors (Lipinski definition) is 4. The summed E-state index contributed by atoms with van der Waals surface area (Å²) < 4.78 is 11.7. The van der Waals surface area contributed by atoms with Crippen LogP contribution in [0.2, 0.25) is 0 Å². The summed E-state index contributed by atoms with van der Waals surface area (Å²) in [6.07, 6.45) is 0.906. The van der Waals surface area contributed by atoms with Crippen molar-refractivity contribution in [2.24, 2.45) is 0 Å². The number of carbonyl (C=O) groups excluding carboxylic acids is 1. The Morgan fingerprint density at radius 1 is 1.41 bits per heavy atom. The molecule has 0 atom stereocenters. The van der Waals surface area contributed by atoms with Gasteiger partial charge in [0.2, 0.25) is 0 Å². The molecule has 0 saturated heterocycles. The number of rotatable bonds is 8. The van der Waals surface area contributed by atoms with E-state index in [9.17, 15) is 4.79 Å². The molecular weight excluding hydrogens is 372 g/mol. The maximum Gasteiger partial charge on any atom is 0.253 e. The number of hydrogen-bond donors (Lipinski definition) is 1. The maximum absolute atomic E-state index is 12.4. The van der Waals surface area contributed by atoms with Crippen LogP contribution in [0.15, 0.2) is 16.6 Å². The molecule has 0 bridgehead atoms. The van der Waals surface area contributed by atoms with E-state index in [1.54, 1.807) is 31.2 Å². The first kappa shape index (κ1) is 21.0. The van der Waals surface area contributed by atoms with Gasteiger partial charge in [0.1, 0.15) is 0 Å². The van der Waals surface area contributed by atoms with Gasteiger partial charge in [-0.15, -0.1) is 12.4 Å². The minimum Gasteiger partial charge on any atom is -0.493 e. The van der Waals surface area contributed by atoms with Crippen LogP contribution in [0.3, 0.4) is 0 Å². The summed E-state index contributed by atoms with van der Waals surface area (Å²) in [4.78, 5) is 14.0. The average molecular weight is 396 g/mol. The average Bonchev–Trinajstić information content (AvgIpc) is 2.49. The van der Waals surface area contributed by atoms with E-state index < -0.39 is 0 Å². The smallest absolute Gasteiger partial charge is 0.253 e. The van der Waals surface area contributed by atoms with E-state index >= 15 is 0 Å². The second-order valence-corrected chi connectivity index (χ2v) is 5.52. The van der Waals surface area contributed by atoms with Gasteiger partial charge in [-0.3, -0.25) is 4.79 Å². The maximum atomic E-state index is 12.4. The van der Waals surface area contributed by atoms with Crippen molar-refractivity contribution in [3.8, 4) is 11.5 Å². The van der Waals surface area contributed by atoms with E-state index in [0.29, 0.717) is 30.2 Å². The van der Waals surface area contributed by atoms with E-state index in [1.165, 1.54) is 0 Å². The minimum atomic E-state index is -0.0497. The highest BCUT2D eigenvalue weighted by Crippen LogP contribution is 2.37. The van der Waals surface area contributed by atoms with Crippen molar-refractivity contribution in [1.29, 1.82) is 0 Å². The van der Waals surface area contributed by atoms with E-state index in [4.69, 9.17) is 9.47 Å².